The lowest BCUT2D eigenvalue weighted by atomic mass is 10.0. The number of aliphatic hydroxyl groups is 1. The highest BCUT2D eigenvalue weighted by atomic mass is 35.5. The van der Waals surface area contributed by atoms with Crippen molar-refractivity contribution in [1.29, 1.82) is 0 Å². The highest BCUT2D eigenvalue weighted by Gasteiger charge is 2.15. The van der Waals surface area contributed by atoms with Crippen molar-refractivity contribution in [3.05, 3.63) is 27.8 Å². The Balaban J connectivity index is 0.00000121. The van der Waals surface area contributed by atoms with Gasteiger partial charge in [0.05, 0.1) is 12.7 Å². The van der Waals surface area contributed by atoms with Gasteiger partial charge in [0.25, 0.3) is 0 Å². The number of ether oxygens (including phenoxy) is 1. The Kier molecular flexibility index (Phi) is 7.24. The molecule has 17 heavy (non-hydrogen) atoms. The third kappa shape index (κ3) is 3.90. The van der Waals surface area contributed by atoms with E-state index in [1.807, 2.05) is 34.6 Å². The summed E-state index contributed by atoms with van der Waals surface area (Å²) in [5, 5.41) is 10.3. The molecule has 0 aromatic heterocycles. The number of hydrogen-bond donors (Lipinski definition) is 1. The van der Waals surface area contributed by atoms with Crippen molar-refractivity contribution in [2.45, 2.75) is 47.6 Å². The van der Waals surface area contributed by atoms with Gasteiger partial charge in [-0.3, -0.25) is 0 Å². The third-order valence-corrected chi connectivity index (χ3v) is 2.94. The molecule has 98 valence electrons. The molecule has 0 aliphatic rings. The molecule has 3 heteroatoms. The molecule has 0 aliphatic heterocycles. The van der Waals surface area contributed by atoms with Gasteiger partial charge >= 0.3 is 0 Å². The zero-order chi connectivity index (χ0) is 13.6. The maximum atomic E-state index is 9.63. The van der Waals surface area contributed by atoms with Crippen LogP contribution >= 0.6 is 11.6 Å². The van der Waals surface area contributed by atoms with E-state index in [-0.39, 0.29) is 0 Å². The summed E-state index contributed by atoms with van der Waals surface area (Å²) in [6.07, 6.45) is -0.566. The Morgan fingerprint density at radius 3 is 2.24 bits per heavy atom. The molecule has 1 atom stereocenters. The average molecular weight is 259 g/mol. The Hall–Kier alpha value is -0.730. The van der Waals surface area contributed by atoms with Gasteiger partial charge in [-0.2, -0.15) is 0 Å². The standard InChI is InChI=1S/C12H17ClO2.C2H6/c1-5-15-12-8(3)7(2)11(13)6-10(12)9(4)14;1-2/h6,9,14H,5H2,1-4H3;1-2H3. The van der Waals surface area contributed by atoms with Crippen molar-refractivity contribution >= 4 is 11.6 Å². The molecule has 0 saturated heterocycles. The zero-order valence-electron chi connectivity index (χ0n) is 11.6. The lowest BCUT2D eigenvalue weighted by Crippen LogP contribution is -2.03. The quantitative estimate of drug-likeness (QED) is 0.869. The van der Waals surface area contributed by atoms with Crippen LogP contribution in [0.4, 0.5) is 0 Å². The van der Waals surface area contributed by atoms with Crippen LogP contribution in [0.2, 0.25) is 5.02 Å². The summed E-state index contributed by atoms with van der Waals surface area (Å²) >= 11 is 6.07. The topological polar surface area (TPSA) is 29.5 Å². The van der Waals surface area contributed by atoms with Gasteiger partial charge < -0.3 is 9.84 Å². The molecule has 2 nitrogen and oxygen atoms in total. The molecule has 1 rings (SSSR count). The maximum Gasteiger partial charge on any atom is 0.128 e. The van der Waals surface area contributed by atoms with E-state index in [9.17, 15) is 5.11 Å². The van der Waals surface area contributed by atoms with E-state index in [1.54, 1.807) is 13.0 Å². The average Bonchev–Trinajstić information content (AvgIpc) is 2.32. The molecule has 0 aliphatic carbocycles. The summed E-state index contributed by atoms with van der Waals surface area (Å²) in [6.45, 7) is 12.1. The second-order valence-corrected chi connectivity index (χ2v) is 4.04. The van der Waals surface area contributed by atoms with E-state index in [1.165, 1.54) is 0 Å². The van der Waals surface area contributed by atoms with Gasteiger partial charge in [0, 0.05) is 10.6 Å². The minimum atomic E-state index is -0.566. The molecular weight excluding hydrogens is 236 g/mol. The van der Waals surface area contributed by atoms with Crippen LogP contribution in [0.1, 0.15) is 50.5 Å². The van der Waals surface area contributed by atoms with E-state index in [2.05, 4.69) is 0 Å². The van der Waals surface area contributed by atoms with Crippen LogP contribution in [0.25, 0.3) is 0 Å². The molecule has 0 saturated carbocycles. The highest BCUT2D eigenvalue weighted by molar-refractivity contribution is 6.31. The lowest BCUT2D eigenvalue weighted by molar-refractivity contribution is 0.192. The highest BCUT2D eigenvalue weighted by Crippen LogP contribution is 2.35. The van der Waals surface area contributed by atoms with Gasteiger partial charge in [-0.15, -0.1) is 0 Å². The molecule has 1 N–H and O–H groups in total. The Bertz CT molecular complexity index is 360. The molecule has 0 spiro atoms. The second-order valence-electron chi connectivity index (χ2n) is 3.64. The first-order valence-corrected chi connectivity index (χ1v) is 6.47. The molecule has 0 radical (unpaired) electrons. The Labute approximate surface area is 110 Å². The van der Waals surface area contributed by atoms with Crippen molar-refractivity contribution < 1.29 is 9.84 Å². The number of benzene rings is 1. The van der Waals surface area contributed by atoms with Gasteiger partial charge in [-0.05, 0) is 44.9 Å². The SMILES string of the molecule is CC.CCOc1c(C(C)O)cc(Cl)c(C)c1C. The van der Waals surface area contributed by atoms with Crippen molar-refractivity contribution in [3.8, 4) is 5.75 Å². The summed E-state index contributed by atoms with van der Waals surface area (Å²) in [6, 6.07) is 1.78. The first-order valence-electron chi connectivity index (χ1n) is 6.09. The number of aliphatic hydroxyl groups excluding tert-OH is 1. The van der Waals surface area contributed by atoms with E-state index >= 15 is 0 Å². The fourth-order valence-electron chi connectivity index (χ4n) is 1.52. The molecule has 0 fully saturated rings. The predicted octanol–water partition coefficient (Wildman–Crippen LogP) is 4.44. The first kappa shape index (κ1) is 16.3. The Morgan fingerprint density at radius 1 is 1.29 bits per heavy atom. The third-order valence-electron chi connectivity index (χ3n) is 2.54. The Morgan fingerprint density at radius 2 is 1.82 bits per heavy atom. The first-order chi connectivity index (χ1) is 7.99. The molecule has 1 aromatic carbocycles. The van der Waals surface area contributed by atoms with Crippen LogP contribution in [-0.2, 0) is 0 Å². The molecule has 1 unspecified atom stereocenters. The molecule has 0 bridgehead atoms. The van der Waals surface area contributed by atoms with Gasteiger partial charge in [0.15, 0.2) is 0 Å². The largest absolute Gasteiger partial charge is 0.493 e. The smallest absolute Gasteiger partial charge is 0.128 e. The molecular formula is C14H23ClO2. The van der Waals surface area contributed by atoms with Gasteiger partial charge in [0.1, 0.15) is 5.75 Å². The maximum absolute atomic E-state index is 9.63. The molecule has 0 heterocycles. The fraction of sp³-hybridized carbons (Fsp3) is 0.571. The minimum Gasteiger partial charge on any atom is -0.493 e. The second kappa shape index (κ2) is 7.57. The summed E-state index contributed by atoms with van der Waals surface area (Å²) in [7, 11) is 0. The van der Waals surface area contributed by atoms with E-state index < -0.39 is 6.10 Å². The fourth-order valence-corrected chi connectivity index (χ4v) is 1.78. The van der Waals surface area contributed by atoms with Crippen LogP contribution in [-0.4, -0.2) is 11.7 Å². The summed E-state index contributed by atoms with van der Waals surface area (Å²) in [5.41, 5.74) is 2.76. The van der Waals surface area contributed by atoms with Crippen LogP contribution in [0.3, 0.4) is 0 Å². The predicted molar refractivity (Wildman–Crippen MR) is 74.1 cm³/mol. The van der Waals surface area contributed by atoms with Crippen LogP contribution < -0.4 is 4.74 Å². The summed E-state index contributed by atoms with van der Waals surface area (Å²) in [4.78, 5) is 0. The van der Waals surface area contributed by atoms with E-state index in [4.69, 9.17) is 16.3 Å². The molecule has 0 amide bonds. The monoisotopic (exact) mass is 258 g/mol. The normalized spacial score (nSPS) is 11.5. The van der Waals surface area contributed by atoms with Crippen LogP contribution in [0.5, 0.6) is 5.75 Å². The van der Waals surface area contributed by atoms with Crippen LogP contribution in [0.15, 0.2) is 6.07 Å². The van der Waals surface area contributed by atoms with Crippen LogP contribution in [0, 0.1) is 13.8 Å². The van der Waals surface area contributed by atoms with Gasteiger partial charge in [-0.1, -0.05) is 25.4 Å². The van der Waals surface area contributed by atoms with Crippen molar-refractivity contribution in [1.82, 2.24) is 0 Å². The number of halogens is 1. The van der Waals surface area contributed by atoms with E-state index in [0.29, 0.717) is 11.6 Å². The van der Waals surface area contributed by atoms with Gasteiger partial charge in [0.2, 0.25) is 0 Å². The molecule has 1 aromatic rings. The van der Waals surface area contributed by atoms with Crippen molar-refractivity contribution in [2.75, 3.05) is 6.61 Å². The number of hydrogen-bond acceptors (Lipinski definition) is 2. The van der Waals surface area contributed by atoms with Crippen molar-refractivity contribution in [2.24, 2.45) is 0 Å². The summed E-state index contributed by atoms with van der Waals surface area (Å²) < 4.78 is 5.55. The van der Waals surface area contributed by atoms with Crippen molar-refractivity contribution in [3.63, 3.8) is 0 Å². The zero-order valence-corrected chi connectivity index (χ0v) is 12.4. The van der Waals surface area contributed by atoms with Gasteiger partial charge in [-0.25, -0.2) is 0 Å². The number of rotatable bonds is 3. The summed E-state index contributed by atoms with van der Waals surface area (Å²) in [5.74, 6) is 0.759. The minimum absolute atomic E-state index is 0.566. The lowest BCUT2D eigenvalue weighted by Gasteiger charge is -2.17. The van der Waals surface area contributed by atoms with E-state index in [0.717, 1.165) is 22.4 Å².